The van der Waals surface area contributed by atoms with Crippen LogP contribution in [0.3, 0.4) is 0 Å². The molecule has 0 aromatic heterocycles. The van der Waals surface area contributed by atoms with Crippen molar-refractivity contribution < 1.29 is 0 Å². The molecule has 0 heterocycles. The van der Waals surface area contributed by atoms with Crippen LogP contribution in [0.5, 0.6) is 0 Å². The third-order valence-electron chi connectivity index (χ3n) is 10.3. The van der Waals surface area contributed by atoms with Crippen molar-refractivity contribution in [1.82, 2.24) is 0 Å². The minimum absolute atomic E-state index is 0.0803. The Morgan fingerprint density at radius 3 is 1.60 bits per heavy atom. The van der Waals surface area contributed by atoms with E-state index < -0.39 is 5.41 Å². The van der Waals surface area contributed by atoms with Gasteiger partial charge in [-0.3, -0.25) is 0 Å². The van der Waals surface area contributed by atoms with Gasteiger partial charge in [0.05, 0.1) is 0 Å². The molecule has 0 spiro atoms. The highest BCUT2D eigenvalue weighted by atomic mass is 14.5. The Labute approximate surface area is 265 Å². The standard InChI is InChI=1S/C45H32/c1-3-18-33(19-4-1)45(34-20-5-2-6-21-34,44-40-25-11-9-23-37(40)38-24-10-12-26-41(38)44)42-30-29-32-17-14-28-39(43(32)42)36-27-13-16-31-15-7-8-22-35(31)36/h1-30,42,44H. The van der Waals surface area contributed by atoms with Crippen molar-refractivity contribution in [3.63, 3.8) is 0 Å². The van der Waals surface area contributed by atoms with Gasteiger partial charge in [0.1, 0.15) is 0 Å². The molecular formula is C45H32. The Kier molecular flexibility index (Phi) is 5.96. The lowest BCUT2D eigenvalue weighted by molar-refractivity contribution is 0.417. The predicted molar refractivity (Wildman–Crippen MR) is 189 cm³/mol. The van der Waals surface area contributed by atoms with E-state index in [4.69, 9.17) is 0 Å². The van der Waals surface area contributed by atoms with Gasteiger partial charge in [-0.2, -0.15) is 0 Å². The first-order valence-electron chi connectivity index (χ1n) is 15.9. The van der Waals surface area contributed by atoms with Gasteiger partial charge in [-0.1, -0.05) is 182 Å². The number of benzene rings is 7. The molecule has 9 rings (SSSR count). The molecule has 0 fully saturated rings. The maximum atomic E-state index is 2.50. The van der Waals surface area contributed by atoms with Crippen LogP contribution in [0, 0.1) is 0 Å². The van der Waals surface area contributed by atoms with E-state index in [1.807, 2.05) is 0 Å². The summed E-state index contributed by atoms with van der Waals surface area (Å²) in [6, 6.07) is 63.2. The third kappa shape index (κ3) is 3.79. The molecule has 2 aliphatic carbocycles. The molecule has 0 bridgehead atoms. The summed E-state index contributed by atoms with van der Waals surface area (Å²) in [6.45, 7) is 0. The summed E-state index contributed by atoms with van der Waals surface area (Å²) in [5, 5.41) is 2.56. The molecule has 1 unspecified atom stereocenters. The Hall–Kier alpha value is -5.46. The van der Waals surface area contributed by atoms with Gasteiger partial charge in [-0.05, 0) is 66.4 Å². The van der Waals surface area contributed by atoms with E-state index in [9.17, 15) is 0 Å². The highest BCUT2D eigenvalue weighted by Crippen LogP contribution is 2.63. The number of rotatable bonds is 5. The minimum Gasteiger partial charge on any atom is -0.0751 e. The molecule has 7 aromatic carbocycles. The maximum Gasteiger partial charge on any atom is 0.0415 e. The van der Waals surface area contributed by atoms with E-state index in [1.54, 1.807) is 0 Å². The normalized spacial score (nSPS) is 15.2. The van der Waals surface area contributed by atoms with Crippen LogP contribution in [-0.4, -0.2) is 0 Å². The van der Waals surface area contributed by atoms with Crippen LogP contribution in [0.4, 0.5) is 0 Å². The summed E-state index contributed by atoms with van der Waals surface area (Å²) < 4.78 is 0. The largest absolute Gasteiger partial charge is 0.0751 e. The van der Waals surface area contributed by atoms with E-state index in [0.717, 1.165) is 0 Å². The molecule has 0 nitrogen and oxygen atoms in total. The second kappa shape index (κ2) is 10.3. The summed E-state index contributed by atoms with van der Waals surface area (Å²) in [7, 11) is 0. The molecule has 0 heteroatoms. The van der Waals surface area contributed by atoms with Crippen molar-refractivity contribution in [2.75, 3.05) is 0 Å². The molecular weight excluding hydrogens is 540 g/mol. The van der Waals surface area contributed by atoms with Crippen LogP contribution >= 0.6 is 0 Å². The lowest BCUT2D eigenvalue weighted by Gasteiger charge is -2.46. The average Bonchev–Trinajstić information content (AvgIpc) is 3.70. The number of allylic oxidation sites excluding steroid dienone is 1. The molecule has 0 aliphatic heterocycles. The quantitative estimate of drug-likeness (QED) is 0.192. The van der Waals surface area contributed by atoms with Gasteiger partial charge in [0.2, 0.25) is 0 Å². The van der Waals surface area contributed by atoms with Gasteiger partial charge in [-0.25, -0.2) is 0 Å². The zero-order valence-electron chi connectivity index (χ0n) is 25.0. The van der Waals surface area contributed by atoms with Crippen molar-refractivity contribution in [2.24, 2.45) is 0 Å². The molecule has 0 saturated heterocycles. The van der Waals surface area contributed by atoms with Crippen molar-refractivity contribution >= 4 is 16.8 Å². The summed E-state index contributed by atoms with van der Waals surface area (Å²) in [4.78, 5) is 0. The van der Waals surface area contributed by atoms with Gasteiger partial charge >= 0.3 is 0 Å². The highest BCUT2D eigenvalue weighted by Gasteiger charge is 2.53. The van der Waals surface area contributed by atoms with Crippen LogP contribution < -0.4 is 0 Å². The predicted octanol–water partition coefficient (Wildman–Crippen LogP) is 11.4. The third-order valence-corrected chi connectivity index (χ3v) is 10.3. The van der Waals surface area contributed by atoms with Crippen LogP contribution in [0.1, 0.15) is 45.2 Å². The Balaban J connectivity index is 1.41. The van der Waals surface area contributed by atoms with E-state index in [-0.39, 0.29) is 11.8 Å². The van der Waals surface area contributed by atoms with Crippen molar-refractivity contribution in [3.05, 3.63) is 209 Å². The topological polar surface area (TPSA) is 0 Å². The van der Waals surface area contributed by atoms with Gasteiger partial charge in [0.25, 0.3) is 0 Å². The van der Waals surface area contributed by atoms with Crippen molar-refractivity contribution in [2.45, 2.75) is 17.3 Å². The fourth-order valence-electron chi connectivity index (χ4n) is 8.56. The molecule has 212 valence electrons. The second-order valence-corrected chi connectivity index (χ2v) is 12.4. The summed E-state index contributed by atoms with van der Waals surface area (Å²) >= 11 is 0. The number of hydrogen-bond donors (Lipinski definition) is 0. The number of fused-ring (bicyclic) bond motifs is 5. The molecule has 1 atom stereocenters. The first kappa shape index (κ1) is 26.0. The Morgan fingerprint density at radius 2 is 0.911 bits per heavy atom. The zero-order chi connectivity index (χ0) is 29.8. The maximum absolute atomic E-state index is 2.50. The zero-order valence-corrected chi connectivity index (χ0v) is 25.0. The van der Waals surface area contributed by atoms with Crippen LogP contribution in [0.15, 0.2) is 176 Å². The Morgan fingerprint density at radius 1 is 0.400 bits per heavy atom. The van der Waals surface area contributed by atoms with Gasteiger partial charge in [-0.15, -0.1) is 0 Å². The number of hydrogen-bond acceptors (Lipinski definition) is 0. The van der Waals surface area contributed by atoms with E-state index in [0.29, 0.717) is 0 Å². The van der Waals surface area contributed by atoms with Gasteiger partial charge in [0, 0.05) is 17.3 Å². The highest BCUT2D eigenvalue weighted by molar-refractivity contribution is 5.98. The molecule has 0 radical (unpaired) electrons. The van der Waals surface area contributed by atoms with Crippen LogP contribution in [0.25, 0.3) is 39.1 Å². The first-order chi connectivity index (χ1) is 22.4. The second-order valence-electron chi connectivity index (χ2n) is 12.4. The summed E-state index contributed by atoms with van der Waals surface area (Å²) in [6.07, 6.45) is 4.88. The van der Waals surface area contributed by atoms with Gasteiger partial charge < -0.3 is 0 Å². The lowest BCUT2D eigenvalue weighted by Crippen LogP contribution is -2.40. The summed E-state index contributed by atoms with van der Waals surface area (Å²) in [5.41, 5.74) is 13.1. The van der Waals surface area contributed by atoms with Crippen LogP contribution in [0.2, 0.25) is 0 Å². The molecule has 2 aliphatic rings. The first-order valence-corrected chi connectivity index (χ1v) is 15.9. The fourth-order valence-corrected chi connectivity index (χ4v) is 8.56. The minimum atomic E-state index is -0.423. The van der Waals surface area contributed by atoms with Crippen LogP contribution in [-0.2, 0) is 5.41 Å². The van der Waals surface area contributed by atoms with E-state index in [2.05, 4.69) is 182 Å². The molecule has 0 amide bonds. The lowest BCUT2D eigenvalue weighted by atomic mass is 9.55. The van der Waals surface area contributed by atoms with Gasteiger partial charge in [0.15, 0.2) is 0 Å². The fraction of sp³-hybridized carbons (Fsp3) is 0.0667. The smallest absolute Gasteiger partial charge is 0.0415 e. The monoisotopic (exact) mass is 572 g/mol. The van der Waals surface area contributed by atoms with Crippen molar-refractivity contribution in [3.8, 4) is 22.3 Å². The molecule has 0 N–H and O–H groups in total. The van der Waals surface area contributed by atoms with E-state index in [1.165, 1.54) is 66.4 Å². The molecule has 0 saturated carbocycles. The average molecular weight is 573 g/mol. The summed E-state index contributed by atoms with van der Waals surface area (Å²) in [5.74, 6) is 0.188. The Bertz CT molecular complexity index is 2130. The SMILES string of the molecule is C1=CC(C(c2ccccc2)(c2ccccc2)C2c3ccccc3-c3ccccc32)c2c1cccc2-c1cccc2ccccc12. The molecule has 7 aromatic rings. The van der Waals surface area contributed by atoms with Crippen molar-refractivity contribution in [1.29, 1.82) is 0 Å². The van der Waals surface area contributed by atoms with E-state index >= 15 is 0 Å². The molecule has 45 heavy (non-hydrogen) atoms.